The van der Waals surface area contributed by atoms with E-state index in [1.165, 1.54) is 0 Å². The third-order valence-corrected chi connectivity index (χ3v) is 5.55. The molecule has 5 nitrogen and oxygen atoms in total. The first-order chi connectivity index (χ1) is 12.7. The Bertz CT molecular complexity index is 742. The standard InChI is InChI=1S/C21H24N2O3/c24-18-14-19(16-4-2-1-3-5-16)26-21(15-18)8-12-23(13-9-21)20(25)17-6-10-22-11-7-17/h1-7,10-11,18-19,24H,8-9,12-15H2/t18-,19-/m1/s1. The molecule has 2 atom stereocenters. The van der Waals surface area contributed by atoms with Crippen molar-refractivity contribution < 1.29 is 14.6 Å². The fourth-order valence-electron chi connectivity index (χ4n) is 4.15. The van der Waals surface area contributed by atoms with E-state index in [1.807, 2.05) is 23.1 Å². The van der Waals surface area contributed by atoms with Crippen LogP contribution in [-0.4, -0.2) is 45.7 Å². The van der Waals surface area contributed by atoms with Crippen molar-refractivity contribution in [1.82, 2.24) is 9.88 Å². The number of carbonyl (C=O) groups excluding carboxylic acids is 1. The van der Waals surface area contributed by atoms with E-state index in [9.17, 15) is 9.90 Å². The highest BCUT2D eigenvalue weighted by Gasteiger charge is 2.44. The number of carbonyl (C=O) groups is 1. The van der Waals surface area contributed by atoms with E-state index in [-0.39, 0.29) is 23.7 Å². The topological polar surface area (TPSA) is 62.7 Å². The molecule has 4 rings (SSSR count). The van der Waals surface area contributed by atoms with Crippen molar-refractivity contribution in [3.8, 4) is 0 Å². The van der Waals surface area contributed by atoms with Crippen LogP contribution in [0.1, 0.15) is 47.7 Å². The summed E-state index contributed by atoms with van der Waals surface area (Å²) < 4.78 is 6.50. The predicted molar refractivity (Wildman–Crippen MR) is 97.6 cm³/mol. The van der Waals surface area contributed by atoms with E-state index in [1.54, 1.807) is 24.5 Å². The molecule has 2 aliphatic rings. The zero-order valence-electron chi connectivity index (χ0n) is 14.8. The van der Waals surface area contributed by atoms with Gasteiger partial charge in [-0.1, -0.05) is 30.3 Å². The van der Waals surface area contributed by atoms with Crippen LogP contribution in [-0.2, 0) is 4.74 Å². The molecule has 0 bridgehead atoms. The van der Waals surface area contributed by atoms with Gasteiger partial charge in [-0.15, -0.1) is 0 Å². The molecular weight excluding hydrogens is 328 g/mol. The predicted octanol–water partition coefficient (Wildman–Crippen LogP) is 2.97. The van der Waals surface area contributed by atoms with E-state index in [0.717, 1.165) is 18.4 Å². The average molecular weight is 352 g/mol. The van der Waals surface area contributed by atoms with Crippen LogP contribution in [0.3, 0.4) is 0 Å². The molecule has 0 unspecified atom stereocenters. The Kier molecular flexibility index (Phi) is 4.74. The van der Waals surface area contributed by atoms with Gasteiger partial charge in [0.2, 0.25) is 0 Å². The molecule has 0 saturated carbocycles. The number of hydrogen-bond donors (Lipinski definition) is 1. The highest BCUT2D eigenvalue weighted by atomic mass is 16.5. The molecule has 136 valence electrons. The Balaban J connectivity index is 1.45. The molecule has 0 radical (unpaired) electrons. The molecular formula is C21H24N2O3. The van der Waals surface area contributed by atoms with E-state index < -0.39 is 0 Å². The van der Waals surface area contributed by atoms with Gasteiger partial charge in [-0.3, -0.25) is 9.78 Å². The zero-order chi connectivity index (χ0) is 18.0. The van der Waals surface area contributed by atoms with Crippen molar-refractivity contribution in [3.05, 3.63) is 66.0 Å². The zero-order valence-corrected chi connectivity index (χ0v) is 14.8. The van der Waals surface area contributed by atoms with Crippen LogP contribution in [0.5, 0.6) is 0 Å². The van der Waals surface area contributed by atoms with Crippen molar-refractivity contribution in [1.29, 1.82) is 0 Å². The van der Waals surface area contributed by atoms with Crippen LogP contribution in [0.2, 0.25) is 0 Å². The molecule has 0 aliphatic carbocycles. The summed E-state index contributed by atoms with van der Waals surface area (Å²) in [5.41, 5.74) is 1.44. The Hall–Kier alpha value is -2.24. The summed E-state index contributed by atoms with van der Waals surface area (Å²) in [4.78, 5) is 18.5. The minimum Gasteiger partial charge on any atom is -0.393 e. The molecule has 2 fully saturated rings. The van der Waals surface area contributed by atoms with Gasteiger partial charge in [0, 0.05) is 43.9 Å². The second-order valence-corrected chi connectivity index (χ2v) is 7.32. The molecule has 26 heavy (non-hydrogen) atoms. The number of pyridine rings is 1. The molecule has 2 aliphatic heterocycles. The second kappa shape index (κ2) is 7.17. The number of likely N-dealkylation sites (tertiary alicyclic amines) is 1. The van der Waals surface area contributed by atoms with Crippen LogP contribution >= 0.6 is 0 Å². The maximum absolute atomic E-state index is 12.6. The number of aliphatic hydroxyl groups excluding tert-OH is 1. The lowest BCUT2D eigenvalue weighted by Crippen LogP contribution is -2.52. The monoisotopic (exact) mass is 352 g/mol. The van der Waals surface area contributed by atoms with E-state index in [4.69, 9.17) is 4.74 Å². The van der Waals surface area contributed by atoms with Crippen LogP contribution in [0.4, 0.5) is 0 Å². The highest BCUT2D eigenvalue weighted by molar-refractivity contribution is 5.94. The van der Waals surface area contributed by atoms with Crippen LogP contribution < -0.4 is 0 Å². The molecule has 2 aromatic rings. The number of piperidine rings is 1. The Labute approximate surface area is 153 Å². The Morgan fingerprint density at radius 1 is 1.12 bits per heavy atom. The second-order valence-electron chi connectivity index (χ2n) is 7.32. The Morgan fingerprint density at radius 2 is 1.81 bits per heavy atom. The van der Waals surface area contributed by atoms with Gasteiger partial charge in [-0.25, -0.2) is 0 Å². The van der Waals surface area contributed by atoms with Gasteiger partial charge in [-0.2, -0.15) is 0 Å². The summed E-state index contributed by atoms with van der Waals surface area (Å²) in [7, 11) is 0. The Morgan fingerprint density at radius 3 is 2.50 bits per heavy atom. The lowest BCUT2D eigenvalue weighted by atomic mass is 9.81. The number of amides is 1. The number of aliphatic hydroxyl groups is 1. The maximum Gasteiger partial charge on any atom is 0.253 e. The minimum atomic E-state index is -0.364. The SMILES string of the molecule is O=C(c1ccncc1)N1CCC2(CC1)C[C@H](O)C[C@H](c1ccccc1)O2. The molecule has 2 saturated heterocycles. The summed E-state index contributed by atoms with van der Waals surface area (Å²) in [6.45, 7) is 1.30. The number of nitrogens with zero attached hydrogens (tertiary/aromatic N) is 2. The summed E-state index contributed by atoms with van der Waals surface area (Å²) >= 11 is 0. The summed E-state index contributed by atoms with van der Waals surface area (Å²) in [5.74, 6) is 0.0400. The van der Waals surface area contributed by atoms with Crippen LogP contribution in [0.15, 0.2) is 54.9 Å². The highest BCUT2D eigenvalue weighted by Crippen LogP contribution is 2.43. The molecule has 1 aromatic heterocycles. The molecule has 1 amide bonds. The summed E-state index contributed by atoms with van der Waals surface area (Å²) in [6, 6.07) is 13.6. The quantitative estimate of drug-likeness (QED) is 0.903. The van der Waals surface area contributed by atoms with E-state index in [2.05, 4.69) is 17.1 Å². The van der Waals surface area contributed by atoms with Gasteiger partial charge in [0.25, 0.3) is 5.91 Å². The molecule has 1 aromatic carbocycles. The molecule has 1 N–H and O–H groups in total. The number of hydrogen-bond acceptors (Lipinski definition) is 4. The van der Waals surface area contributed by atoms with Crippen molar-refractivity contribution in [3.63, 3.8) is 0 Å². The normalized spacial score (nSPS) is 25.2. The number of aromatic nitrogens is 1. The summed E-state index contributed by atoms with van der Waals surface area (Å²) in [6.07, 6.45) is 5.62. The lowest BCUT2D eigenvalue weighted by molar-refractivity contribution is -0.181. The number of benzene rings is 1. The van der Waals surface area contributed by atoms with Crippen LogP contribution in [0, 0.1) is 0 Å². The third-order valence-electron chi connectivity index (χ3n) is 5.55. The fourth-order valence-corrected chi connectivity index (χ4v) is 4.15. The van der Waals surface area contributed by atoms with Crippen LogP contribution in [0.25, 0.3) is 0 Å². The fraction of sp³-hybridized carbons (Fsp3) is 0.429. The van der Waals surface area contributed by atoms with Crippen molar-refractivity contribution >= 4 is 5.91 Å². The first kappa shape index (κ1) is 17.2. The summed E-state index contributed by atoms with van der Waals surface area (Å²) in [5, 5.41) is 10.4. The van der Waals surface area contributed by atoms with E-state index >= 15 is 0 Å². The van der Waals surface area contributed by atoms with E-state index in [0.29, 0.717) is 31.5 Å². The largest absolute Gasteiger partial charge is 0.393 e. The maximum atomic E-state index is 12.6. The lowest BCUT2D eigenvalue weighted by Gasteiger charge is -2.48. The first-order valence-electron chi connectivity index (χ1n) is 9.25. The van der Waals surface area contributed by atoms with Gasteiger partial charge in [0.1, 0.15) is 0 Å². The van der Waals surface area contributed by atoms with Crippen molar-refractivity contribution in [2.45, 2.75) is 43.5 Å². The number of rotatable bonds is 2. The van der Waals surface area contributed by atoms with Crippen molar-refractivity contribution in [2.24, 2.45) is 0 Å². The molecule has 3 heterocycles. The third kappa shape index (κ3) is 3.50. The van der Waals surface area contributed by atoms with Gasteiger partial charge >= 0.3 is 0 Å². The van der Waals surface area contributed by atoms with Crippen molar-refractivity contribution in [2.75, 3.05) is 13.1 Å². The molecule has 5 heteroatoms. The van der Waals surface area contributed by atoms with Gasteiger partial charge in [-0.05, 0) is 30.5 Å². The van der Waals surface area contributed by atoms with Gasteiger partial charge in [0.15, 0.2) is 0 Å². The first-order valence-corrected chi connectivity index (χ1v) is 9.25. The average Bonchev–Trinajstić information content (AvgIpc) is 2.69. The number of ether oxygens (including phenoxy) is 1. The van der Waals surface area contributed by atoms with Gasteiger partial charge < -0.3 is 14.7 Å². The molecule has 1 spiro atoms. The van der Waals surface area contributed by atoms with Gasteiger partial charge in [0.05, 0.1) is 17.8 Å². The minimum absolute atomic E-state index is 0.0400. The smallest absolute Gasteiger partial charge is 0.253 e.